The van der Waals surface area contributed by atoms with E-state index in [-0.39, 0.29) is 0 Å². The lowest BCUT2D eigenvalue weighted by atomic mass is 10.3. The number of hydrogen-bond donors (Lipinski definition) is 0. The fourth-order valence-electron chi connectivity index (χ4n) is 1.12. The minimum absolute atomic E-state index is 0.379. The molecule has 0 fully saturated rings. The zero-order valence-electron chi connectivity index (χ0n) is 7.92. The van der Waals surface area contributed by atoms with Crippen LogP contribution in [0.5, 0.6) is 0 Å². The van der Waals surface area contributed by atoms with Gasteiger partial charge < -0.3 is 4.52 Å². The van der Waals surface area contributed by atoms with Crippen LogP contribution in [0.4, 0.5) is 0 Å². The molecule has 0 saturated carbocycles. The molecular weight excluding hydrogens is 192 g/mol. The molecule has 0 spiro atoms. The number of pyridine rings is 1. The molecule has 0 atom stereocenters. The average molecular weight is 200 g/mol. The second-order valence-electron chi connectivity index (χ2n) is 2.88. The average Bonchev–Trinajstić information content (AvgIpc) is 2.76. The van der Waals surface area contributed by atoms with E-state index < -0.39 is 0 Å². The van der Waals surface area contributed by atoms with E-state index in [1.807, 2.05) is 18.2 Å². The van der Waals surface area contributed by atoms with E-state index >= 15 is 0 Å². The third kappa shape index (κ3) is 2.17. The molecule has 5 nitrogen and oxygen atoms in total. The maximum Gasteiger partial charge on any atom is 0.228 e. The highest BCUT2D eigenvalue weighted by molar-refractivity contribution is 5.46. The third-order valence-corrected chi connectivity index (χ3v) is 1.81. The summed E-state index contributed by atoms with van der Waals surface area (Å²) in [5.74, 6) is 0.931. The molecule has 0 bridgehead atoms. The van der Waals surface area contributed by atoms with Crippen molar-refractivity contribution in [2.24, 2.45) is 0 Å². The minimum atomic E-state index is 0.379. The summed E-state index contributed by atoms with van der Waals surface area (Å²) in [6.07, 6.45) is 2.53. The normalized spacial score (nSPS) is 9.80. The largest absolute Gasteiger partial charge is 0.339 e. The van der Waals surface area contributed by atoms with Gasteiger partial charge in [-0.15, -0.1) is 0 Å². The summed E-state index contributed by atoms with van der Waals surface area (Å²) in [7, 11) is 0. The fraction of sp³-hybridized carbons (Fsp3) is 0.200. The summed E-state index contributed by atoms with van der Waals surface area (Å²) in [6.45, 7) is 0. The molecule has 0 radical (unpaired) electrons. The minimum Gasteiger partial charge on any atom is -0.339 e. The Kier molecular flexibility index (Phi) is 2.70. The van der Waals surface area contributed by atoms with E-state index in [1.54, 1.807) is 12.3 Å². The van der Waals surface area contributed by atoms with Gasteiger partial charge in [0.05, 0.1) is 6.07 Å². The smallest absolute Gasteiger partial charge is 0.228 e. The SMILES string of the molecule is N#CCCc1nc(-c2ccccn2)no1. The van der Waals surface area contributed by atoms with E-state index in [0.29, 0.717) is 30.3 Å². The van der Waals surface area contributed by atoms with Crippen molar-refractivity contribution in [1.82, 2.24) is 15.1 Å². The molecule has 2 aromatic heterocycles. The molecule has 0 unspecified atom stereocenters. The lowest BCUT2D eigenvalue weighted by molar-refractivity contribution is 0.380. The van der Waals surface area contributed by atoms with Gasteiger partial charge in [-0.2, -0.15) is 10.2 Å². The standard InChI is InChI=1S/C10H8N4O/c11-6-3-5-9-13-10(14-15-9)8-4-1-2-7-12-8/h1-2,4,7H,3,5H2. The number of nitriles is 1. The van der Waals surface area contributed by atoms with Crippen molar-refractivity contribution in [3.63, 3.8) is 0 Å². The topological polar surface area (TPSA) is 75.6 Å². The predicted octanol–water partition coefficient (Wildman–Crippen LogP) is 1.59. The van der Waals surface area contributed by atoms with Gasteiger partial charge in [0.25, 0.3) is 0 Å². The molecule has 15 heavy (non-hydrogen) atoms. The molecule has 0 aliphatic rings. The molecule has 0 aromatic carbocycles. The monoisotopic (exact) mass is 200 g/mol. The van der Waals surface area contributed by atoms with Gasteiger partial charge in [-0.05, 0) is 12.1 Å². The molecule has 2 aromatic rings. The highest BCUT2D eigenvalue weighted by atomic mass is 16.5. The first-order valence-corrected chi connectivity index (χ1v) is 4.51. The Bertz CT molecular complexity index is 472. The number of aromatic nitrogens is 3. The van der Waals surface area contributed by atoms with Gasteiger partial charge in [0, 0.05) is 19.0 Å². The first-order chi connectivity index (χ1) is 7.40. The van der Waals surface area contributed by atoms with Crippen molar-refractivity contribution in [3.05, 3.63) is 30.3 Å². The van der Waals surface area contributed by atoms with Crippen molar-refractivity contribution in [2.75, 3.05) is 0 Å². The second kappa shape index (κ2) is 4.33. The molecule has 2 heterocycles. The summed E-state index contributed by atoms with van der Waals surface area (Å²) in [5, 5.41) is 12.2. The van der Waals surface area contributed by atoms with E-state index in [9.17, 15) is 0 Å². The number of aryl methyl sites for hydroxylation is 1. The highest BCUT2D eigenvalue weighted by Gasteiger charge is 2.08. The zero-order valence-corrected chi connectivity index (χ0v) is 7.92. The number of hydrogen-bond acceptors (Lipinski definition) is 5. The van der Waals surface area contributed by atoms with Crippen LogP contribution in [0.3, 0.4) is 0 Å². The van der Waals surface area contributed by atoms with Crippen LogP contribution in [-0.2, 0) is 6.42 Å². The second-order valence-corrected chi connectivity index (χ2v) is 2.88. The highest BCUT2D eigenvalue weighted by Crippen LogP contribution is 2.12. The van der Waals surface area contributed by atoms with Crippen molar-refractivity contribution in [3.8, 4) is 17.6 Å². The molecule has 0 aliphatic carbocycles. The molecule has 2 rings (SSSR count). The van der Waals surface area contributed by atoms with Crippen molar-refractivity contribution < 1.29 is 4.52 Å². The molecule has 0 amide bonds. The molecule has 5 heteroatoms. The maximum atomic E-state index is 8.40. The molecule has 0 saturated heterocycles. The first-order valence-electron chi connectivity index (χ1n) is 4.51. The van der Waals surface area contributed by atoms with Gasteiger partial charge in [-0.25, -0.2) is 0 Å². The van der Waals surface area contributed by atoms with Crippen molar-refractivity contribution in [2.45, 2.75) is 12.8 Å². The summed E-state index contributed by atoms with van der Waals surface area (Å²) < 4.78 is 4.97. The van der Waals surface area contributed by atoms with E-state index in [4.69, 9.17) is 9.78 Å². The summed E-state index contributed by atoms with van der Waals surface area (Å²) in [6, 6.07) is 7.50. The van der Waals surface area contributed by atoms with Crippen LogP contribution in [0.2, 0.25) is 0 Å². The number of nitrogens with zero attached hydrogens (tertiary/aromatic N) is 4. The summed E-state index contributed by atoms with van der Waals surface area (Å²) >= 11 is 0. The Hall–Kier alpha value is -2.22. The molecule has 0 aliphatic heterocycles. The van der Waals surface area contributed by atoms with E-state index in [1.165, 1.54) is 0 Å². The Labute approximate surface area is 86.4 Å². The van der Waals surface area contributed by atoms with Crippen LogP contribution in [0.15, 0.2) is 28.9 Å². The van der Waals surface area contributed by atoms with Gasteiger partial charge in [0.2, 0.25) is 11.7 Å². The van der Waals surface area contributed by atoms with E-state index in [2.05, 4.69) is 15.1 Å². The quantitative estimate of drug-likeness (QED) is 0.751. The molecular formula is C10H8N4O. The van der Waals surface area contributed by atoms with Gasteiger partial charge in [0.15, 0.2) is 0 Å². The van der Waals surface area contributed by atoms with Gasteiger partial charge in [0.1, 0.15) is 5.69 Å². The third-order valence-electron chi connectivity index (χ3n) is 1.81. The van der Waals surface area contributed by atoms with Crippen LogP contribution in [0, 0.1) is 11.3 Å². The Morgan fingerprint density at radius 1 is 1.40 bits per heavy atom. The van der Waals surface area contributed by atoms with Crippen LogP contribution >= 0.6 is 0 Å². The Morgan fingerprint density at radius 2 is 2.33 bits per heavy atom. The lowest BCUT2D eigenvalue weighted by Gasteiger charge is -1.89. The number of rotatable bonds is 3. The first kappa shape index (κ1) is 9.34. The Balaban J connectivity index is 2.18. The summed E-state index contributed by atoms with van der Waals surface area (Å²) in [5.41, 5.74) is 0.671. The maximum absolute atomic E-state index is 8.40. The van der Waals surface area contributed by atoms with Gasteiger partial charge in [-0.3, -0.25) is 4.98 Å². The van der Waals surface area contributed by atoms with Crippen LogP contribution in [0.25, 0.3) is 11.5 Å². The lowest BCUT2D eigenvalue weighted by Crippen LogP contribution is -1.86. The van der Waals surface area contributed by atoms with E-state index in [0.717, 1.165) is 0 Å². The van der Waals surface area contributed by atoms with Crippen molar-refractivity contribution in [1.29, 1.82) is 5.26 Å². The molecule has 0 N–H and O–H groups in total. The fourth-order valence-corrected chi connectivity index (χ4v) is 1.12. The van der Waals surface area contributed by atoms with Gasteiger partial charge in [-0.1, -0.05) is 11.2 Å². The zero-order chi connectivity index (χ0) is 10.5. The van der Waals surface area contributed by atoms with Crippen LogP contribution in [-0.4, -0.2) is 15.1 Å². The Morgan fingerprint density at radius 3 is 3.07 bits per heavy atom. The van der Waals surface area contributed by atoms with Crippen LogP contribution < -0.4 is 0 Å². The predicted molar refractivity (Wildman–Crippen MR) is 51.5 cm³/mol. The molecule has 74 valence electrons. The summed E-state index contributed by atoms with van der Waals surface area (Å²) in [4.78, 5) is 8.22. The van der Waals surface area contributed by atoms with Gasteiger partial charge >= 0.3 is 0 Å². The van der Waals surface area contributed by atoms with Crippen molar-refractivity contribution >= 4 is 0 Å². The van der Waals surface area contributed by atoms with Crippen LogP contribution in [0.1, 0.15) is 12.3 Å².